The zero-order chi connectivity index (χ0) is 14.8. The number of thiazole rings is 1. The highest BCUT2D eigenvalue weighted by Crippen LogP contribution is 2.28. The molecule has 3 rings (SSSR count). The molecule has 0 radical (unpaired) electrons. The molecule has 2 heterocycles. The van der Waals surface area contributed by atoms with Crippen molar-refractivity contribution in [3.8, 4) is 0 Å². The van der Waals surface area contributed by atoms with Crippen LogP contribution in [-0.2, 0) is 0 Å². The number of hydrogen-bond donors (Lipinski definition) is 0. The maximum atomic E-state index is 11.3. The predicted molar refractivity (Wildman–Crippen MR) is 88.0 cm³/mol. The van der Waals surface area contributed by atoms with Crippen molar-refractivity contribution >= 4 is 39.5 Å². The number of para-hydroxylation sites is 1. The monoisotopic (exact) mass is 321 g/mol. The largest absolute Gasteiger partial charge is 0.367 e. The molecule has 1 aliphatic heterocycles. The highest BCUT2D eigenvalue weighted by Gasteiger charge is 2.21. The molecule has 0 bridgehead atoms. The number of aromatic nitrogens is 1. The first kappa shape index (κ1) is 14.4. The van der Waals surface area contributed by atoms with Gasteiger partial charge in [0.1, 0.15) is 0 Å². The van der Waals surface area contributed by atoms with Crippen LogP contribution in [0.1, 0.15) is 16.6 Å². The average Bonchev–Trinajstić information content (AvgIpc) is 2.98. The lowest BCUT2D eigenvalue weighted by molar-refractivity contribution is 0.102. The summed E-state index contributed by atoms with van der Waals surface area (Å²) < 4.78 is 0. The summed E-state index contributed by atoms with van der Waals surface area (Å²) in [4.78, 5) is 20.9. The molecule has 0 amide bonds. The highest BCUT2D eigenvalue weighted by molar-refractivity contribution is 7.17. The van der Waals surface area contributed by atoms with Gasteiger partial charge in [0.05, 0.1) is 21.8 Å². The van der Waals surface area contributed by atoms with Crippen molar-refractivity contribution in [2.24, 2.45) is 0 Å². The standard InChI is InChI=1S/C15H16ClN3OS/c1-11(20)14-10-17-15(21-14)19-8-6-18(7-9-19)13-5-3-2-4-12(13)16/h2-5,10H,6-9H2,1H3. The second-order valence-corrected chi connectivity index (χ2v) is 6.41. The van der Waals surface area contributed by atoms with Gasteiger partial charge >= 0.3 is 0 Å². The van der Waals surface area contributed by atoms with Crippen LogP contribution in [0.15, 0.2) is 30.5 Å². The van der Waals surface area contributed by atoms with Crippen LogP contribution in [0.2, 0.25) is 5.02 Å². The van der Waals surface area contributed by atoms with Crippen LogP contribution in [-0.4, -0.2) is 36.9 Å². The van der Waals surface area contributed by atoms with Gasteiger partial charge in [-0.3, -0.25) is 4.79 Å². The normalized spacial score (nSPS) is 15.3. The molecule has 1 aromatic heterocycles. The Morgan fingerprint density at radius 2 is 1.86 bits per heavy atom. The van der Waals surface area contributed by atoms with Crippen molar-refractivity contribution < 1.29 is 4.79 Å². The number of benzene rings is 1. The van der Waals surface area contributed by atoms with Crippen LogP contribution in [0.25, 0.3) is 0 Å². The van der Waals surface area contributed by atoms with E-state index in [1.54, 1.807) is 13.1 Å². The molecule has 4 nitrogen and oxygen atoms in total. The number of carbonyl (C=O) groups excluding carboxylic acids is 1. The fraction of sp³-hybridized carbons (Fsp3) is 0.333. The van der Waals surface area contributed by atoms with Crippen molar-refractivity contribution in [2.75, 3.05) is 36.0 Å². The predicted octanol–water partition coefficient (Wildman–Crippen LogP) is 3.33. The fourth-order valence-electron chi connectivity index (χ4n) is 2.42. The fourth-order valence-corrected chi connectivity index (χ4v) is 3.54. The molecule has 0 spiro atoms. The Labute approximate surface area is 133 Å². The van der Waals surface area contributed by atoms with Crippen molar-refractivity contribution in [2.45, 2.75) is 6.92 Å². The molecule has 1 fully saturated rings. The summed E-state index contributed by atoms with van der Waals surface area (Å²) in [7, 11) is 0. The summed E-state index contributed by atoms with van der Waals surface area (Å²) in [5.74, 6) is 0.0773. The molecular weight excluding hydrogens is 306 g/mol. The summed E-state index contributed by atoms with van der Waals surface area (Å²) in [6.45, 7) is 5.15. The number of ketones is 1. The maximum absolute atomic E-state index is 11.3. The van der Waals surface area contributed by atoms with Crippen molar-refractivity contribution in [1.29, 1.82) is 0 Å². The van der Waals surface area contributed by atoms with E-state index in [4.69, 9.17) is 11.6 Å². The Hall–Kier alpha value is -1.59. The number of hydrogen-bond acceptors (Lipinski definition) is 5. The molecule has 0 aliphatic carbocycles. The van der Waals surface area contributed by atoms with Gasteiger partial charge in [-0.15, -0.1) is 0 Å². The van der Waals surface area contributed by atoms with Crippen LogP contribution < -0.4 is 9.80 Å². The van der Waals surface area contributed by atoms with Gasteiger partial charge in [0, 0.05) is 33.1 Å². The maximum Gasteiger partial charge on any atom is 0.186 e. The molecule has 21 heavy (non-hydrogen) atoms. The van der Waals surface area contributed by atoms with Gasteiger partial charge in [0.15, 0.2) is 10.9 Å². The van der Waals surface area contributed by atoms with E-state index >= 15 is 0 Å². The quantitative estimate of drug-likeness (QED) is 0.813. The molecule has 1 aromatic carbocycles. The van der Waals surface area contributed by atoms with Crippen LogP contribution >= 0.6 is 22.9 Å². The number of nitrogens with zero attached hydrogens (tertiary/aromatic N) is 3. The van der Waals surface area contributed by atoms with Crippen LogP contribution in [0, 0.1) is 0 Å². The minimum atomic E-state index is 0.0773. The third-order valence-corrected chi connectivity index (χ3v) is 5.06. The van der Waals surface area contributed by atoms with Gasteiger partial charge in [0.25, 0.3) is 0 Å². The lowest BCUT2D eigenvalue weighted by atomic mass is 10.2. The number of Topliss-reactive ketones (excluding diaryl/α,β-unsaturated/α-hetero) is 1. The molecule has 0 atom stereocenters. The van der Waals surface area contributed by atoms with E-state index < -0.39 is 0 Å². The molecule has 1 saturated heterocycles. The van der Waals surface area contributed by atoms with Gasteiger partial charge in [-0.05, 0) is 12.1 Å². The van der Waals surface area contributed by atoms with E-state index in [1.807, 2.05) is 18.2 Å². The van der Waals surface area contributed by atoms with Crippen molar-refractivity contribution in [3.05, 3.63) is 40.4 Å². The smallest absolute Gasteiger partial charge is 0.186 e. The Balaban J connectivity index is 1.67. The molecule has 110 valence electrons. The van der Waals surface area contributed by atoms with E-state index in [0.717, 1.165) is 46.9 Å². The Morgan fingerprint density at radius 1 is 1.19 bits per heavy atom. The van der Waals surface area contributed by atoms with Gasteiger partial charge in [0.2, 0.25) is 0 Å². The molecule has 0 saturated carbocycles. The Morgan fingerprint density at radius 3 is 2.48 bits per heavy atom. The first-order valence-corrected chi connectivity index (χ1v) is 8.06. The van der Waals surface area contributed by atoms with E-state index in [1.165, 1.54) is 11.3 Å². The summed E-state index contributed by atoms with van der Waals surface area (Å²) in [6.07, 6.45) is 1.67. The lowest BCUT2D eigenvalue weighted by Crippen LogP contribution is -2.46. The average molecular weight is 322 g/mol. The SMILES string of the molecule is CC(=O)c1cnc(N2CCN(c3ccccc3Cl)CC2)s1. The topological polar surface area (TPSA) is 36.4 Å². The van der Waals surface area contributed by atoms with E-state index in [0.29, 0.717) is 0 Å². The van der Waals surface area contributed by atoms with Crippen molar-refractivity contribution in [3.63, 3.8) is 0 Å². The zero-order valence-corrected chi connectivity index (χ0v) is 13.3. The molecule has 0 N–H and O–H groups in total. The number of piperazine rings is 1. The van der Waals surface area contributed by atoms with E-state index in [2.05, 4.69) is 20.9 Å². The molecule has 0 unspecified atom stereocenters. The molecular formula is C15H16ClN3OS. The molecule has 6 heteroatoms. The van der Waals surface area contributed by atoms with Gasteiger partial charge in [-0.2, -0.15) is 0 Å². The minimum Gasteiger partial charge on any atom is -0.367 e. The number of halogens is 1. The summed E-state index contributed by atoms with van der Waals surface area (Å²) in [5, 5.41) is 1.72. The Bertz CT molecular complexity index is 650. The highest BCUT2D eigenvalue weighted by atomic mass is 35.5. The number of rotatable bonds is 3. The van der Waals surface area contributed by atoms with Gasteiger partial charge < -0.3 is 9.80 Å². The van der Waals surface area contributed by atoms with Crippen molar-refractivity contribution in [1.82, 2.24) is 4.98 Å². The van der Waals surface area contributed by atoms with Gasteiger partial charge in [-0.1, -0.05) is 35.1 Å². The van der Waals surface area contributed by atoms with E-state index in [9.17, 15) is 4.79 Å². The molecule has 2 aromatic rings. The second-order valence-electron chi connectivity index (χ2n) is 4.99. The molecule has 1 aliphatic rings. The summed E-state index contributed by atoms with van der Waals surface area (Å²) in [6, 6.07) is 7.92. The summed E-state index contributed by atoms with van der Waals surface area (Å²) >= 11 is 7.71. The number of anilines is 2. The first-order chi connectivity index (χ1) is 10.1. The minimum absolute atomic E-state index is 0.0773. The van der Waals surface area contributed by atoms with Crippen LogP contribution in [0.5, 0.6) is 0 Å². The lowest BCUT2D eigenvalue weighted by Gasteiger charge is -2.36. The Kier molecular flexibility index (Phi) is 4.12. The van der Waals surface area contributed by atoms with Crippen LogP contribution in [0.4, 0.5) is 10.8 Å². The zero-order valence-electron chi connectivity index (χ0n) is 11.8. The summed E-state index contributed by atoms with van der Waals surface area (Å²) in [5.41, 5.74) is 1.09. The van der Waals surface area contributed by atoms with Crippen LogP contribution in [0.3, 0.4) is 0 Å². The third kappa shape index (κ3) is 3.04. The van der Waals surface area contributed by atoms with Gasteiger partial charge in [-0.25, -0.2) is 4.98 Å². The third-order valence-electron chi connectivity index (χ3n) is 3.58. The first-order valence-electron chi connectivity index (χ1n) is 6.86. The number of carbonyl (C=O) groups is 1. The van der Waals surface area contributed by atoms with E-state index in [-0.39, 0.29) is 5.78 Å². The second kappa shape index (κ2) is 6.03.